The van der Waals surface area contributed by atoms with E-state index in [1.807, 2.05) is 12.1 Å². The molecule has 96 valence electrons. The highest BCUT2D eigenvalue weighted by molar-refractivity contribution is 5.21. The first-order chi connectivity index (χ1) is 8.31. The Labute approximate surface area is 103 Å². The first kappa shape index (κ1) is 13.9. The molecule has 1 unspecified atom stereocenters. The predicted octanol–water partition coefficient (Wildman–Crippen LogP) is 2.17. The van der Waals surface area contributed by atoms with Crippen molar-refractivity contribution in [3.8, 4) is 5.75 Å². The Morgan fingerprint density at radius 2 is 2.12 bits per heavy atom. The maximum atomic E-state index is 5.47. The molecule has 0 saturated carbocycles. The molecule has 1 N–H and O–H groups in total. The molecule has 0 amide bonds. The molecule has 0 saturated heterocycles. The SMILES string of the molecule is CCNC(CC)c1ccc(OCCOC)cn1. The summed E-state index contributed by atoms with van der Waals surface area (Å²) < 4.78 is 10.4. The Hall–Kier alpha value is -1.13. The number of aromatic nitrogens is 1. The molecule has 0 spiro atoms. The lowest BCUT2D eigenvalue weighted by molar-refractivity contribution is 0.146. The van der Waals surface area contributed by atoms with Gasteiger partial charge in [-0.15, -0.1) is 0 Å². The quantitative estimate of drug-likeness (QED) is 0.705. The van der Waals surface area contributed by atoms with E-state index in [1.54, 1.807) is 13.3 Å². The van der Waals surface area contributed by atoms with Gasteiger partial charge in [-0.1, -0.05) is 13.8 Å². The van der Waals surface area contributed by atoms with Crippen molar-refractivity contribution in [1.82, 2.24) is 10.3 Å². The van der Waals surface area contributed by atoms with Crippen molar-refractivity contribution in [3.63, 3.8) is 0 Å². The molecule has 0 aliphatic carbocycles. The van der Waals surface area contributed by atoms with Crippen molar-refractivity contribution in [2.45, 2.75) is 26.3 Å². The molecule has 1 aromatic heterocycles. The van der Waals surface area contributed by atoms with Crippen molar-refractivity contribution < 1.29 is 9.47 Å². The normalized spacial score (nSPS) is 12.4. The maximum Gasteiger partial charge on any atom is 0.137 e. The highest BCUT2D eigenvalue weighted by Gasteiger charge is 2.08. The molecule has 4 nitrogen and oxygen atoms in total. The van der Waals surface area contributed by atoms with Gasteiger partial charge in [0.1, 0.15) is 12.4 Å². The lowest BCUT2D eigenvalue weighted by Crippen LogP contribution is -2.21. The summed E-state index contributed by atoms with van der Waals surface area (Å²) in [5, 5.41) is 3.40. The Morgan fingerprint density at radius 1 is 1.29 bits per heavy atom. The van der Waals surface area contributed by atoms with Crippen LogP contribution in [0.5, 0.6) is 5.75 Å². The van der Waals surface area contributed by atoms with E-state index in [4.69, 9.17) is 9.47 Å². The lowest BCUT2D eigenvalue weighted by atomic mass is 10.1. The van der Waals surface area contributed by atoms with Crippen LogP contribution in [0.15, 0.2) is 18.3 Å². The monoisotopic (exact) mass is 238 g/mol. The van der Waals surface area contributed by atoms with E-state index in [0.717, 1.165) is 24.4 Å². The molecule has 1 aromatic rings. The minimum Gasteiger partial charge on any atom is -0.490 e. The van der Waals surface area contributed by atoms with Gasteiger partial charge in [-0.05, 0) is 25.1 Å². The number of ether oxygens (including phenoxy) is 2. The Kier molecular flexibility index (Phi) is 6.58. The molecular formula is C13H22N2O2. The maximum absolute atomic E-state index is 5.47. The van der Waals surface area contributed by atoms with Gasteiger partial charge in [-0.25, -0.2) is 0 Å². The number of pyridine rings is 1. The first-order valence-corrected chi connectivity index (χ1v) is 6.12. The van der Waals surface area contributed by atoms with Crippen LogP contribution in [0.4, 0.5) is 0 Å². The largest absolute Gasteiger partial charge is 0.490 e. The smallest absolute Gasteiger partial charge is 0.137 e. The highest BCUT2D eigenvalue weighted by Crippen LogP contribution is 2.17. The van der Waals surface area contributed by atoms with Crippen LogP contribution in [0.3, 0.4) is 0 Å². The average Bonchev–Trinajstić information content (AvgIpc) is 2.37. The molecule has 0 aliphatic heterocycles. The summed E-state index contributed by atoms with van der Waals surface area (Å²) in [4.78, 5) is 4.42. The predicted molar refractivity (Wildman–Crippen MR) is 68.3 cm³/mol. The second-order valence-electron chi connectivity index (χ2n) is 3.78. The Balaban J connectivity index is 2.53. The van der Waals surface area contributed by atoms with E-state index in [9.17, 15) is 0 Å². The third-order valence-electron chi connectivity index (χ3n) is 2.53. The summed E-state index contributed by atoms with van der Waals surface area (Å²) in [5.41, 5.74) is 1.06. The fourth-order valence-electron chi connectivity index (χ4n) is 1.63. The van der Waals surface area contributed by atoms with Crippen LogP contribution in [0, 0.1) is 0 Å². The van der Waals surface area contributed by atoms with Gasteiger partial charge >= 0.3 is 0 Å². The second kappa shape index (κ2) is 8.03. The van der Waals surface area contributed by atoms with E-state index in [-0.39, 0.29) is 0 Å². The standard InChI is InChI=1S/C13H22N2O2/c1-4-12(14-5-2)13-7-6-11(10-15-13)17-9-8-16-3/h6-7,10,12,14H,4-5,8-9H2,1-3H3. The first-order valence-electron chi connectivity index (χ1n) is 6.12. The number of rotatable bonds is 8. The Bertz CT molecular complexity index is 301. The van der Waals surface area contributed by atoms with Crippen LogP contribution in [-0.2, 0) is 4.74 Å². The Morgan fingerprint density at radius 3 is 2.65 bits per heavy atom. The highest BCUT2D eigenvalue weighted by atomic mass is 16.5. The van der Waals surface area contributed by atoms with Crippen LogP contribution in [0.25, 0.3) is 0 Å². The molecule has 0 radical (unpaired) electrons. The van der Waals surface area contributed by atoms with E-state index in [2.05, 4.69) is 24.1 Å². The average molecular weight is 238 g/mol. The van der Waals surface area contributed by atoms with E-state index in [1.165, 1.54) is 0 Å². The van der Waals surface area contributed by atoms with Crippen molar-refractivity contribution in [1.29, 1.82) is 0 Å². The second-order valence-corrected chi connectivity index (χ2v) is 3.78. The van der Waals surface area contributed by atoms with E-state index in [0.29, 0.717) is 19.3 Å². The number of hydrogen-bond donors (Lipinski definition) is 1. The molecule has 17 heavy (non-hydrogen) atoms. The zero-order valence-corrected chi connectivity index (χ0v) is 10.9. The molecular weight excluding hydrogens is 216 g/mol. The number of nitrogens with one attached hydrogen (secondary N) is 1. The van der Waals surface area contributed by atoms with Gasteiger partial charge in [0.2, 0.25) is 0 Å². The number of nitrogens with zero attached hydrogens (tertiary/aromatic N) is 1. The summed E-state index contributed by atoms with van der Waals surface area (Å²) in [7, 11) is 1.66. The van der Waals surface area contributed by atoms with Crippen molar-refractivity contribution >= 4 is 0 Å². The van der Waals surface area contributed by atoms with E-state index >= 15 is 0 Å². The molecule has 0 aromatic carbocycles. The van der Waals surface area contributed by atoms with Gasteiger partial charge < -0.3 is 14.8 Å². The summed E-state index contributed by atoms with van der Waals surface area (Å²) >= 11 is 0. The number of hydrogen-bond acceptors (Lipinski definition) is 4. The van der Waals surface area contributed by atoms with Gasteiger partial charge in [-0.2, -0.15) is 0 Å². The molecule has 0 aliphatic rings. The number of methoxy groups -OCH3 is 1. The topological polar surface area (TPSA) is 43.4 Å². The van der Waals surface area contributed by atoms with Crippen LogP contribution < -0.4 is 10.1 Å². The molecule has 0 bridgehead atoms. The van der Waals surface area contributed by atoms with Crippen LogP contribution in [-0.4, -0.2) is 31.9 Å². The summed E-state index contributed by atoms with van der Waals surface area (Å²) in [6.45, 7) is 6.36. The van der Waals surface area contributed by atoms with Gasteiger partial charge in [0.15, 0.2) is 0 Å². The van der Waals surface area contributed by atoms with E-state index < -0.39 is 0 Å². The van der Waals surface area contributed by atoms with Crippen molar-refractivity contribution in [2.24, 2.45) is 0 Å². The molecule has 1 rings (SSSR count). The third-order valence-corrected chi connectivity index (χ3v) is 2.53. The molecule has 1 atom stereocenters. The minimum atomic E-state index is 0.327. The fraction of sp³-hybridized carbons (Fsp3) is 0.615. The summed E-state index contributed by atoms with van der Waals surface area (Å²) in [6, 6.07) is 4.30. The summed E-state index contributed by atoms with van der Waals surface area (Å²) in [6.07, 6.45) is 2.80. The van der Waals surface area contributed by atoms with Gasteiger partial charge in [0.05, 0.1) is 18.5 Å². The van der Waals surface area contributed by atoms with Crippen LogP contribution in [0.1, 0.15) is 32.0 Å². The van der Waals surface area contributed by atoms with Crippen molar-refractivity contribution in [2.75, 3.05) is 26.9 Å². The van der Waals surface area contributed by atoms with Crippen molar-refractivity contribution in [3.05, 3.63) is 24.0 Å². The van der Waals surface area contributed by atoms with Crippen LogP contribution >= 0.6 is 0 Å². The molecule has 0 fully saturated rings. The third kappa shape index (κ3) is 4.71. The summed E-state index contributed by atoms with van der Waals surface area (Å²) in [5.74, 6) is 0.789. The fourth-order valence-corrected chi connectivity index (χ4v) is 1.63. The van der Waals surface area contributed by atoms with Gasteiger partial charge in [-0.3, -0.25) is 4.98 Å². The molecule has 1 heterocycles. The zero-order valence-electron chi connectivity index (χ0n) is 10.9. The minimum absolute atomic E-state index is 0.327. The molecule has 4 heteroatoms. The van der Waals surface area contributed by atoms with Gasteiger partial charge in [0.25, 0.3) is 0 Å². The zero-order chi connectivity index (χ0) is 12.5. The lowest BCUT2D eigenvalue weighted by Gasteiger charge is -2.15. The van der Waals surface area contributed by atoms with Crippen LogP contribution in [0.2, 0.25) is 0 Å². The van der Waals surface area contributed by atoms with Gasteiger partial charge in [0, 0.05) is 13.2 Å².